The van der Waals surface area contributed by atoms with Gasteiger partial charge in [-0.15, -0.1) is 16.4 Å². The molecule has 1 amide bonds. The van der Waals surface area contributed by atoms with Gasteiger partial charge in [-0.2, -0.15) is 4.68 Å². The second-order valence-electron chi connectivity index (χ2n) is 6.21. The summed E-state index contributed by atoms with van der Waals surface area (Å²) in [6, 6.07) is 16.7. The number of thiophene rings is 1. The lowest BCUT2D eigenvalue weighted by Gasteiger charge is -2.18. The minimum atomic E-state index is -0.359. The van der Waals surface area contributed by atoms with Crippen LogP contribution in [0.15, 0.2) is 71.2 Å². The maximum atomic E-state index is 13.3. The molecule has 2 aromatic carbocycles. The molecule has 0 saturated carbocycles. The van der Waals surface area contributed by atoms with E-state index in [1.54, 1.807) is 30.3 Å². The SMILES string of the molecule is O=C(CSc1nnnn1-c1cccc(Cl)c1)NC(c1ccc(F)cc1)c1cccs1. The number of carbonyl (C=O) groups is 1. The van der Waals surface area contributed by atoms with Crippen molar-refractivity contribution in [2.75, 3.05) is 5.75 Å². The van der Waals surface area contributed by atoms with Crippen molar-refractivity contribution < 1.29 is 9.18 Å². The third kappa shape index (κ3) is 4.86. The van der Waals surface area contributed by atoms with E-state index in [0.717, 1.165) is 10.4 Å². The summed E-state index contributed by atoms with van der Waals surface area (Å²) in [6.45, 7) is 0. The van der Waals surface area contributed by atoms with Crippen LogP contribution in [0.4, 0.5) is 4.39 Å². The summed E-state index contributed by atoms with van der Waals surface area (Å²) in [6.07, 6.45) is 0. The van der Waals surface area contributed by atoms with Crippen LogP contribution >= 0.6 is 34.7 Å². The van der Waals surface area contributed by atoms with Crippen LogP contribution in [0.3, 0.4) is 0 Å². The number of thioether (sulfide) groups is 1. The van der Waals surface area contributed by atoms with Gasteiger partial charge >= 0.3 is 0 Å². The number of benzene rings is 2. The van der Waals surface area contributed by atoms with E-state index in [1.165, 1.54) is 39.9 Å². The van der Waals surface area contributed by atoms with Gasteiger partial charge in [0, 0.05) is 9.90 Å². The summed E-state index contributed by atoms with van der Waals surface area (Å²) in [5.41, 5.74) is 1.51. The Kier molecular flexibility index (Phi) is 6.41. The molecule has 4 aromatic rings. The Morgan fingerprint density at radius 2 is 2.03 bits per heavy atom. The molecule has 1 atom stereocenters. The Morgan fingerprint density at radius 1 is 1.20 bits per heavy atom. The summed E-state index contributed by atoms with van der Waals surface area (Å²) < 4.78 is 14.8. The molecule has 0 aliphatic carbocycles. The molecule has 1 N–H and O–H groups in total. The van der Waals surface area contributed by atoms with Gasteiger partial charge in [-0.1, -0.05) is 47.6 Å². The van der Waals surface area contributed by atoms with E-state index in [1.807, 2.05) is 23.6 Å². The lowest BCUT2D eigenvalue weighted by atomic mass is 10.1. The van der Waals surface area contributed by atoms with Crippen molar-refractivity contribution in [1.82, 2.24) is 25.5 Å². The number of nitrogens with zero attached hydrogens (tertiary/aromatic N) is 4. The van der Waals surface area contributed by atoms with E-state index >= 15 is 0 Å². The van der Waals surface area contributed by atoms with E-state index < -0.39 is 0 Å². The molecule has 0 aliphatic heterocycles. The van der Waals surface area contributed by atoms with Gasteiger partial charge in [-0.3, -0.25) is 4.79 Å². The van der Waals surface area contributed by atoms with E-state index in [-0.39, 0.29) is 23.5 Å². The predicted octanol–water partition coefficient (Wildman–Crippen LogP) is 4.51. The fraction of sp³-hybridized carbons (Fsp3) is 0.100. The third-order valence-corrected chi connectivity index (χ3v) is 6.25. The molecule has 0 fully saturated rings. The fourth-order valence-corrected chi connectivity index (χ4v) is 4.49. The second-order valence-corrected chi connectivity index (χ2v) is 8.57. The van der Waals surface area contributed by atoms with Gasteiger partial charge in [0.15, 0.2) is 0 Å². The average molecular weight is 460 g/mol. The molecule has 4 rings (SSSR count). The van der Waals surface area contributed by atoms with E-state index in [4.69, 9.17) is 11.6 Å². The summed E-state index contributed by atoms with van der Waals surface area (Å²) in [4.78, 5) is 13.6. The standard InChI is InChI=1S/C20H15ClFN5OS2/c21-14-3-1-4-16(11-14)27-20(24-25-26-27)30-12-18(28)23-19(17-5-2-10-29-17)13-6-8-15(22)9-7-13/h1-11,19H,12H2,(H,23,28). The molecular weight excluding hydrogens is 445 g/mol. The number of hydrogen-bond donors (Lipinski definition) is 1. The molecule has 10 heteroatoms. The first-order valence-electron chi connectivity index (χ1n) is 8.85. The van der Waals surface area contributed by atoms with E-state index in [0.29, 0.717) is 15.9 Å². The summed E-state index contributed by atoms with van der Waals surface area (Å²) in [5, 5.41) is 17.7. The summed E-state index contributed by atoms with van der Waals surface area (Å²) in [5.74, 6) is -0.397. The van der Waals surface area contributed by atoms with Crippen molar-refractivity contribution >= 4 is 40.6 Å². The largest absolute Gasteiger partial charge is 0.344 e. The van der Waals surface area contributed by atoms with Crippen LogP contribution in [0.2, 0.25) is 5.02 Å². The summed E-state index contributed by atoms with van der Waals surface area (Å²) >= 11 is 8.78. The minimum Gasteiger partial charge on any atom is -0.344 e. The smallest absolute Gasteiger partial charge is 0.231 e. The molecule has 0 radical (unpaired) electrons. The number of rotatable bonds is 7. The maximum absolute atomic E-state index is 13.3. The first kappa shape index (κ1) is 20.5. The van der Waals surface area contributed by atoms with Crippen LogP contribution in [-0.4, -0.2) is 31.9 Å². The van der Waals surface area contributed by atoms with Crippen molar-refractivity contribution in [3.8, 4) is 5.69 Å². The molecule has 0 bridgehead atoms. The van der Waals surface area contributed by atoms with Crippen LogP contribution in [0.5, 0.6) is 0 Å². The Morgan fingerprint density at radius 3 is 2.77 bits per heavy atom. The minimum absolute atomic E-state index is 0.115. The first-order chi connectivity index (χ1) is 14.6. The molecular formula is C20H15ClFN5OS2. The van der Waals surface area contributed by atoms with Crippen LogP contribution in [-0.2, 0) is 4.79 Å². The Labute approximate surface area is 185 Å². The molecule has 0 aliphatic rings. The van der Waals surface area contributed by atoms with Crippen LogP contribution in [0.25, 0.3) is 5.69 Å². The topological polar surface area (TPSA) is 72.7 Å². The zero-order valence-electron chi connectivity index (χ0n) is 15.4. The Hall–Kier alpha value is -2.75. The number of nitrogens with one attached hydrogen (secondary N) is 1. The Balaban J connectivity index is 1.46. The van der Waals surface area contributed by atoms with E-state index in [2.05, 4.69) is 20.8 Å². The number of aromatic nitrogens is 4. The van der Waals surface area contributed by atoms with Gasteiger partial charge in [0.1, 0.15) is 5.82 Å². The van der Waals surface area contributed by atoms with Gasteiger partial charge in [0.05, 0.1) is 17.5 Å². The number of tetrazole rings is 1. The highest BCUT2D eigenvalue weighted by atomic mass is 35.5. The van der Waals surface area contributed by atoms with Crippen LogP contribution in [0.1, 0.15) is 16.5 Å². The highest BCUT2D eigenvalue weighted by Crippen LogP contribution is 2.27. The maximum Gasteiger partial charge on any atom is 0.231 e. The van der Waals surface area contributed by atoms with Crippen molar-refractivity contribution in [1.29, 1.82) is 0 Å². The van der Waals surface area contributed by atoms with Crippen molar-refractivity contribution in [3.05, 3.63) is 87.3 Å². The molecule has 6 nitrogen and oxygen atoms in total. The number of carbonyl (C=O) groups excluding carboxylic acids is 1. The molecule has 2 heterocycles. The lowest BCUT2D eigenvalue weighted by molar-refractivity contribution is -0.119. The lowest BCUT2D eigenvalue weighted by Crippen LogP contribution is -2.30. The van der Waals surface area contributed by atoms with Crippen LogP contribution in [0, 0.1) is 5.82 Å². The number of hydrogen-bond acceptors (Lipinski definition) is 6. The molecule has 2 aromatic heterocycles. The van der Waals surface area contributed by atoms with Crippen molar-refractivity contribution in [2.45, 2.75) is 11.2 Å². The zero-order valence-corrected chi connectivity index (χ0v) is 17.8. The van der Waals surface area contributed by atoms with Gasteiger partial charge in [0.2, 0.25) is 11.1 Å². The van der Waals surface area contributed by atoms with Crippen molar-refractivity contribution in [3.63, 3.8) is 0 Å². The molecule has 0 saturated heterocycles. The first-order valence-corrected chi connectivity index (χ1v) is 11.1. The number of amides is 1. The quantitative estimate of drug-likeness (QED) is 0.411. The van der Waals surface area contributed by atoms with Gasteiger partial charge in [0.25, 0.3) is 0 Å². The Bertz CT molecular complexity index is 1130. The van der Waals surface area contributed by atoms with Gasteiger partial charge < -0.3 is 5.32 Å². The monoisotopic (exact) mass is 459 g/mol. The highest BCUT2D eigenvalue weighted by Gasteiger charge is 2.19. The summed E-state index contributed by atoms with van der Waals surface area (Å²) in [7, 11) is 0. The highest BCUT2D eigenvalue weighted by molar-refractivity contribution is 7.99. The normalized spacial score (nSPS) is 11.9. The second kappa shape index (κ2) is 9.38. The van der Waals surface area contributed by atoms with Crippen LogP contribution < -0.4 is 5.32 Å². The molecule has 0 spiro atoms. The third-order valence-electron chi connectivity index (χ3n) is 4.16. The molecule has 30 heavy (non-hydrogen) atoms. The average Bonchev–Trinajstić information content (AvgIpc) is 3.43. The molecule has 1 unspecified atom stereocenters. The predicted molar refractivity (Wildman–Crippen MR) is 116 cm³/mol. The van der Waals surface area contributed by atoms with Gasteiger partial charge in [-0.05, 0) is 57.8 Å². The fourth-order valence-electron chi connectivity index (χ4n) is 2.80. The van der Waals surface area contributed by atoms with E-state index in [9.17, 15) is 9.18 Å². The number of halogens is 2. The zero-order chi connectivity index (χ0) is 20.9. The molecule has 152 valence electrons. The van der Waals surface area contributed by atoms with Gasteiger partial charge in [-0.25, -0.2) is 4.39 Å². The van der Waals surface area contributed by atoms with Crippen molar-refractivity contribution in [2.24, 2.45) is 0 Å².